The Bertz CT molecular complexity index is 583. The van der Waals surface area contributed by atoms with Gasteiger partial charge in [-0.15, -0.1) is 0 Å². The van der Waals surface area contributed by atoms with Gasteiger partial charge in [-0.25, -0.2) is 8.42 Å². The first-order valence-corrected chi connectivity index (χ1v) is 8.81. The standard InChI is InChI=1S/C15H25N3O3S/c1-12(2)18(3)22(20,21)14-8-6-13(7-9-14)15(19)17-11-5-4-10-16/h6-9,12H,4-5,10-11,16H2,1-3H3,(H,17,19). The number of amides is 1. The van der Waals surface area contributed by atoms with Gasteiger partial charge in [0, 0.05) is 25.2 Å². The molecule has 7 heteroatoms. The Morgan fingerprint density at radius 2 is 1.82 bits per heavy atom. The number of nitrogens with zero attached hydrogens (tertiary/aromatic N) is 1. The van der Waals surface area contributed by atoms with Crippen LogP contribution in [0.25, 0.3) is 0 Å². The molecule has 0 saturated carbocycles. The zero-order valence-electron chi connectivity index (χ0n) is 13.4. The molecule has 1 rings (SSSR count). The lowest BCUT2D eigenvalue weighted by atomic mass is 10.2. The summed E-state index contributed by atoms with van der Waals surface area (Å²) in [7, 11) is -1.98. The predicted octanol–water partition coefficient (Wildman–Crippen LogP) is 1.18. The molecule has 3 N–H and O–H groups in total. The van der Waals surface area contributed by atoms with E-state index in [-0.39, 0.29) is 16.8 Å². The summed E-state index contributed by atoms with van der Waals surface area (Å²) in [5.41, 5.74) is 5.83. The van der Waals surface area contributed by atoms with Crippen LogP contribution in [-0.2, 0) is 10.0 Å². The van der Waals surface area contributed by atoms with E-state index in [1.165, 1.54) is 35.6 Å². The van der Waals surface area contributed by atoms with E-state index in [1.807, 2.05) is 0 Å². The van der Waals surface area contributed by atoms with E-state index >= 15 is 0 Å². The fraction of sp³-hybridized carbons (Fsp3) is 0.533. The van der Waals surface area contributed by atoms with Crippen LogP contribution in [-0.4, -0.2) is 44.8 Å². The second-order valence-electron chi connectivity index (χ2n) is 5.39. The number of carbonyl (C=O) groups excluding carboxylic acids is 1. The Labute approximate surface area is 132 Å². The van der Waals surface area contributed by atoms with E-state index in [2.05, 4.69) is 5.32 Å². The molecule has 0 bridgehead atoms. The lowest BCUT2D eigenvalue weighted by Crippen LogP contribution is -2.33. The molecule has 0 spiro atoms. The lowest BCUT2D eigenvalue weighted by Gasteiger charge is -2.21. The molecule has 124 valence electrons. The van der Waals surface area contributed by atoms with Crippen molar-refractivity contribution in [3.05, 3.63) is 29.8 Å². The van der Waals surface area contributed by atoms with Crippen molar-refractivity contribution >= 4 is 15.9 Å². The molecule has 0 aliphatic heterocycles. The minimum absolute atomic E-state index is 0.129. The van der Waals surface area contributed by atoms with Gasteiger partial charge in [0.15, 0.2) is 0 Å². The normalized spacial score (nSPS) is 11.9. The minimum Gasteiger partial charge on any atom is -0.352 e. The molecular weight excluding hydrogens is 302 g/mol. The first kappa shape index (κ1) is 18.6. The summed E-state index contributed by atoms with van der Waals surface area (Å²) in [6.45, 7) is 4.78. The van der Waals surface area contributed by atoms with Gasteiger partial charge in [-0.05, 0) is 57.5 Å². The van der Waals surface area contributed by atoms with E-state index in [4.69, 9.17) is 5.73 Å². The van der Waals surface area contributed by atoms with E-state index < -0.39 is 10.0 Å². The molecule has 1 amide bonds. The van der Waals surface area contributed by atoms with E-state index in [0.29, 0.717) is 18.7 Å². The molecule has 1 aromatic rings. The number of nitrogens with one attached hydrogen (secondary N) is 1. The van der Waals surface area contributed by atoms with Crippen molar-refractivity contribution in [1.82, 2.24) is 9.62 Å². The van der Waals surface area contributed by atoms with Crippen molar-refractivity contribution in [2.24, 2.45) is 5.73 Å². The second kappa shape index (κ2) is 8.26. The highest BCUT2D eigenvalue weighted by Gasteiger charge is 2.23. The summed E-state index contributed by atoms with van der Waals surface area (Å²) in [6.07, 6.45) is 1.69. The van der Waals surface area contributed by atoms with Gasteiger partial charge in [-0.3, -0.25) is 4.79 Å². The molecule has 0 saturated heterocycles. The molecule has 0 aromatic heterocycles. The number of unbranched alkanes of at least 4 members (excludes halogenated alkanes) is 1. The van der Waals surface area contributed by atoms with Crippen LogP contribution in [0.1, 0.15) is 37.0 Å². The van der Waals surface area contributed by atoms with E-state index in [0.717, 1.165) is 12.8 Å². The summed E-state index contributed by atoms with van der Waals surface area (Å²) in [5, 5.41) is 2.78. The van der Waals surface area contributed by atoms with Gasteiger partial charge >= 0.3 is 0 Å². The summed E-state index contributed by atoms with van der Waals surface area (Å²) >= 11 is 0. The molecule has 0 fully saturated rings. The van der Waals surface area contributed by atoms with Crippen LogP contribution in [0.5, 0.6) is 0 Å². The number of nitrogens with two attached hydrogens (primary N) is 1. The monoisotopic (exact) mass is 327 g/mol. The van der Waals surface area contributed by atoms with Gasteiger partial charge in [0.1, 0.15) is 0 Å². The first-order valence-electron chi connectivity index (χ1n) is 7.37. The van der Waals surface area contributed by atoms with Crippen LogP contribution >= 0.6 is 0 Å². The van der Waals surface area contributed by atoms with Crippen LogP contribution in [0.2, 0.25) is 0 Å². The largest absolute Gasteiger partial charge is 0.352 e. The van der Waals surface area contributed by atoms with Crippen molar-refractivity contribution < 1.29 is 13.2 Å². The molecular formula is C15H25N3O3S. The maximum Gasteiger partial charge on any atom is 0.251 e. The molecule has 0 aliphatic rings. The highest BCUT2D eigenvalue weighted by molar-refractivity contribution is 7.89. The average Bonchev–Trinajstić information content (AvgIpc) is 2.50. The number of hydrogen-bond acceptors (Lipinski definition) is 4. The van der Waals surface area contributed by atoms with Crippen LogP contribution < -0.4 is 11.1 Å². The molecule has 1 aromatic carbocycles. The van der Waals surface area contributed by atoms with Crippen molar-refractivity contribution in [2.45, 2.75) is 37.6 Å². The highest BCUT2D eigenvalue weighted by Crippen LogP contribution is 2.17. The van der Waals surface area contributed by atoms with Crippen molar-refractivity contribution in [3.8, 4) is 0 Å². The van der Waals surface area contributed by atoms with E-state index in [9.17, 15) is 13.2 Å². The van der Waals surface area contributed by atoms with Crippen molar-refractivity contribution in [3.63, 3.8) is 0 Å². The number of benzene rings is 1. The zero-order valence-corrected chi connectivity index (χ0v) is 14.2. The molecule has 0 unspecified atom stereocenters. The minimum atomic E-state index is -3.52. The SMILES string of the molecule is CC(C)N(C)S(=O)(=O)c1ccc(C(=O)NCCCCN)cc1. The molecule has 0 aliphatic carbocycles. The molecule has 6 nitrogen and oxygen atoms in total. The summed E-state index contributed by atoms with van der Waals surface area (Å²) in [6, 6.07) is 5.85. The molecule has 22 heavy (non-hydrogen) atoms. The zero-order chi connectivity index (χ0) is 16.8. The van der Waals surface area contributed by atoms with Crippen molar-refractivity contribution in [1.29, 1.82) is 0 Å². The molecule has 0 radical (unpaired) electrons. The molecule has 0 atom stereocenters. The van der Waals surface area contributed by atoms with Crippen molar-refractivity contribution in [2.75, 3.05) is 20.1 Å². The van der Waals surface area contributed by atoms with Gasteiger partial charge in [-0.2, -0.15) is 4.31 Å². The smallest absolute Gasteiger partial charge is 0.251 e. The topological polar surface area (TPSA) is 92.5 Å². The van der Waals surface area contributed by atoms with Crippen LogP contribution in [0, 0.1) is 0 Å². The Kier molecular flexibility index (Phi) is 6.99. The van der Waals surface area contributed by atoms with Crippen LogP contribution in [0.15, 0.2) is 29.2 Å². The van der Waals surface area contributed by atoms with Gasteiger partial charge in [0.25, 0.3) is 5.91 Å². The number of carbonyl (C=O) groups is 1. The number of rotatable bonds is 8. The Morgan fingerprint density at radius 3 is 2.32 bits per heavy atom. The van der Waals surface area contributed by atoms with Gasteiger partial charge in [0.2, 0.25) is 10.0 Å². The predicted molar refractivity (Wildman–Crippen MR) is 87.1 cm³/mol. The average molecular weight is 327 g/mol. The Morgan fingerprint density at radius 1 is 1.23 bits per heavy atom. The van der Waals surface area contributed by atoms with Gasteiger partial charge < -0.3 is 11.1 Å². The second-order valence-corrected chi connectivity index (χ2v) is 7.39. The molecule has 0 heterocycles. The summed E-state index contributed by atoms with van der Waals surface area (Å²) < 4.78 is 25.9. The third kappa shape index (κ3) is 4.79. The van der Waals surface area contributed by atoms with Gasteiger partial charge in [0.05, 0.1) is 4.90 Å². The highest BCUT2D eigenvalue weighted by atomic mass is 32.2. The maximum absolute atomic E-state index is 12.3. The van der Waals surface area contributed by atoms with Gasteiger partial charge in [-0.1, -0.05) is 0 Å². The third-order valence-corrected chi connectivity index (χ3v) is 5.48. The quantitative estimate of drug-likeness (QED) is 0.701. The van der Waals surface area contributed by atoms with E-state index in [1.54, 1.807) is 13.8 Å². The fourth-order valence-corrected chi connectivity index (χ4v) is 3.16. The van der Waals surface area contributed by atoms with Crippen LogP contribution in [0.3, 0.4) is 0 Å². The number of sulfonamides is 1. The summed E-state index contributed by atoms with van der Waals surface area (Å²) in [4.78, 5) is 12.1. The lowest BCUT2D eigenvalue weighted by molar-refractivity contribution is 0.0953. The van der Waals surface area contributed by atoms with Crippen LogP contribution in [0.4, 0.5) is 0 Å². The maximum atomic E-state index is 12.3. The number of hydrogen-bond donors (Lipinski definition) is 2. The Balaban J connectivity index is 2.76. The first-order chi connectivity index (χ1) is 10.3. The fourth-order valence-electron chi connectivity index (χ4n) is 1.80. The third-order valence-electron chi connectivity index (χ3n) is 3.44. The Hall–Kier alpha value is -1.44. The summed E-state index contributed by atoms with van der Waals surface area (Å²) in [5.74, 6) is -0.210.